The lowest BCUT2D eigenvalue weighted by atomic mass is 10.0. The van der Waals surface area contributed by atoms with Crippen molar-refractivity contribution in [3.05, 3.63) is 83.0 Å². The van der Waals surface area contributed by atoms with E-state index in [0.717, 1.165) is 43.3 Å². The van der Waals surface area contributed by atoms with Gasteiger partial charge in [-0.2, -0.15) is 4.98 Å². The first-order valence-electron chi connectivity index (χ1n) is 21.8. The summed E-state index contributed by atoms with van der Waals surface area (Å²) in [6, 6.07) is 16.0. The molecule has 356 valence electrons. The second-order valence-electron chi connectivity index (χ2n) is 16.0. The van der Waals surface area contributed by atoms with Crippen LogP contribution in [-0.4, -0.2) is 148 Å². The number of ether oxygens (including phenoxy) is 3. The van der Waals surface area contributed by atoms with E-state index < -0.39 is 44.8 Å². The number of rotatable bonds is 21. The first kappa shape index (κ1) is 48.5. The number of hydrogen-bond acceptors (Lipinski definition) is 17. The van der Waals surface area contributed by atoms with Crippen molar-refractivity contribution in [1.29, 1.82) is 0 Å². The molecule has 0 radical (unpaired) electrons. The van der Waals surface area contributed by atoms with Crippen LogP contribution in [0.4, 0.5) is 34.5 Å². The number of hydrogen-bond donors (Lipinski definition) is 5. The number of carbonyl (C=O) groups excluding carboxylic acids is 5. The molecule has 3 aromatic carbocycles. The lowest BCUT2D eigenvalue weighted by molar-refractivity contribution is -0.136. The average molecular weight is 961 g/mol. The first-order valence-corrected chi connectivity index (χ1v) is 23.7. The predicted octanol–water partition coefficient (Wildman–Crippen LogP) is 3.59. The van der Waals surface area contributed by atoms with E-state index in [9.17, 15) is 32.4 Å². The molecular formula is C45H53ClN10O10S. The van der Waals surface area contributed by atoms with Gasteiger partial charge < -0.3 is 40.4 Å². The van der Waals surface area contributed by atoms with E-state index in [2.05, 4.69) is 46.4 Å². The molecule has 1 aromatic heterocycles. The fourth-order valence-corrected chi connectivity index (χ4v) is 9.06. The Balaban J connectivity index is 0.775. The van der Waals surface area contributed by atoms with Gasteiger partial charge in [0, 0.05) is 63.1 Å². The van der Waals surface area contributed by atoms with Crippen molar-refractivity contribution < 1.29 is 46.6 Å². The zero-order valence-electron chi connectivity index (χ0n) is 37.3. The number of piperazine rings is 1. The largest absolute Gasteiger partial charge is 0.494 e. The van der Waals surface area contributed by atoms with Gasteiger partial charge in [-0.1, -0.05) is 29.8 Å². The molecule has 1 unspecified atom stereocenters. The molecule has 0 aliphatic carbocycles. The second kappa shape index (κ2) is 21.9. The van der Waals surface area contributed by atoms with E-state index in [4.69, 9.17) is 25.8 Å². The number of anilines is 6. The molecule has 5 amide bonds. The van der Waals surface area contributed by atoms with Crippen molar-refractivity contribution in [2.75, 3.05) is 100 Å². The summed E-state index contributed by atoms with van der Waals surface area (Å²) in [7, 11) is -1.99. The van der Waals surface area contributed by atoms with Crippen molar-refractivity contribution >= 4 is 85.5 Å². The van der Waals surface area contributed by atoms with Gasteiger partial charge in [0.05, 0.1) is 78.9 Å². The summed E-state index contributed by atoms with van der Waals surface area (Å²) in [4.78, 5) is 77.3. The standard InChI is InChI=1S/C45H53ClN10O10S/c1-28(2)67(62,63)37-10-5-4-8-33(37)50-41-31(46)26-49-45(53-41)51-32-12-11-29(25-36(32)64-3)55-18-16-54(17-19-55)20-22-66-24-23-65-21-15-47-39(58)27-48-34-9-6-7-30-40(34)44(61)56(43(30)60)35-13-14-38(57)52-42(35)59/h4-12,25-26,28,35,48H,13-24,27H2,1-3H3,(H,47,58)(H,52,57,59)(H2,49,50,51,53). The molecule has 0 saturated carbocycles. The van der Waals surface area contributed by atoms with Crippen LogP contribution in [0.1, 0.15) is 47.4 Å². The predicted molar refractivity (Wildman–Crippen MR) is 250 cm³/mol. The highest BCUT2D eigenvalue weighted by molar-refractivity contribution is 7.92. The van der Waals surface area contributed by atoms with E-state index in [1.807, 2.05) is 18.2 Å². The molecule has 67 heavy (non-hydrogen) atoms. The van der Waals surface area contributed by atoms with E-state index in [-0.39, 0.29) is 76.9 Å². The third-order valence-electron chi connectivity index (χ3n) is 11.4. The summed E-state index contributed by atoms with van der Waals surface area (Å²) in [6.45, 7) is 8.96. The third-order valence-corrected chi connectivity index (χ3v) is 13.9. The number of para-hydroxylation sites is 1. The van der Waals surface area contributed by atoms with Crippen molar-refractivity contribution in [3.63, 3.8) is 0 Å². The highest BCUT2D eigenvalue weighted by atomic mass is 35.5. The number of aromatic nitrogens is 2. The Morgan fingerprint density at radius 3 is 2.39 bits per heavy atom. The average Bonchev–Trinajstić information content (AvgIpc) is 3.57. The van der Waals surface area contributed by atoms with Crippen LogP contribution in [0.3, 0.4) is 0 Å². The summed E-state index contributed by atoms with van der Waals surface area (Å²) in [5, 5.41) is 13.7. The number of sulfone groups is 1. The Kier molecular flexibility index (Phi) is 15.9. The van der Waals surface area contributed by atoms with Crippen LogP contribution in [0.5, 0.6) is 5.75 Å². The van der Waals surface area contributed by atoms with Crippen LogP contribution in [0.15, 0.2) is 71.8 Å². The van der Waals surface area contributed by atoms with Gasteiger partial charge in [0.15, 0.2) is 15.7 Å². The van der Waals surface area contributed by atoms with Crippen LogP contribution in [0.2, 0.25) is 5.02 Å². The quantitative estimate of drug-likeness (QED) is 0.0592. The summed E-state index contributed by atoms with van der Waals surface area (Å²) in [5.41, 5.74) is 2.48. The topological polar surface area (TPSA) is 243 Å². The molecule has 5 N–H and O–H groups in total. The van der Waals surface area contributed by atoms with Gasteiger partial charge in [0.1, 0.15) is 16.8 Å². The Hall–Kier alpha value is -6.39. The van der Waals surface area contributed by atoms with Gasteiger partial charge in [0.2, 0.25) is 23.7 Å². The maximum atomic E-state index is 13.3. The third kappa shape index (κ3) is 11.6. The van der Waals surface area contributed by atoms with Gasteiger partial charge in [-0.25, -0.2) is 13.4 Å². The van der Waals surface area contributed by atoms with E-state index >= 15 is 0 Å². The number of carbonyl (C=O) groups is 5. The molecule has 2 saturated heterocycles. The number of fused-ring (bicyclic) bond motifs is 1. The van der Waals surface area contributed by atoms with Crippen molar-refractivity contribution in [3.8, 4) is 5.75 Å². The van der Waals surface area contributed by atoms with Crippen LogP contribution in [0, 0.1) is 0 Å². The van der Waals surface area contributed by atoms with Crippen molar-refractivity contribution in [2.24, 2.45) is 0 Å². The fraction of sp³-hybridized carbons (Fsp3) is 0.400. The first-order chi connectivity index (χ1) is 32.2. The van der Waals surface area contributed by atoms with Gasteiger partial charge in [-0.05, 0) is 56.7 Å². The van der Waals surface area contributed by atoms with Gasteiger partial charge in [-0.3, -0.25) is 39.1 Å². The second-order valence-corrected chi connectivity index (χ2v) is 18.9. The number of nitrogens with one attached hydrogen (secondary N) is 5. The molecule has 4 heterocycles. The number of halogens is 1. The molecule has 0 bridgehead atoms. The highest BCUT2D eigenvalue weighted by Gasteiger charge is 2.45. The fourth-order valence-electron chi connectivity index (χ4n) is 7.72. The highest BCUT2D eigenvalue weighted by Crippen LogP contribution is 2.35. The molecule has 20 nitrogen and oxygen atoms in total. The minimum Gasteiger partial charge on any atom is -0.494 e. The minimum absolute atomic E-state index is 0.0192. The van der Waals surface area contributed by atoms with Crippen molar-refractivity contribution in [2.45, 2.75) is 42.9 Å². The number of benzene rings is 3. The molecule has 2 fully saturated rings. The number of nitrogens with zero attached hydrogens (tertiary/aromatic N) is 5. The summed E-state index contributed by atoms with van der Waals surface area (Å²) in [6.07, 6.45) is 1.50. The SMILES string of the molecule is COc1cc(N2CCN(CCOCCOCCNC(=O)CNc3cccc4c3C(=O)N(C3CCC(=O)NC3=O)C4=O)CC2)ccc1Nc1ncc(Cl)c(Nc2ccccc2S(=O)(=O)C(C)C)n1. The molecule has 3 aliphatic heterocycles. The molecule has 4 aromatic rings. The number of imide groups is 2. The molecule has 22 heteroatoms. The monoisotopic (exact) mass is 960 g/mol. The number of methoxy groups -OCH3 is 1. The molecular weight excluding hydrogens is 908 g/mol. The van der Waals surface area contributed by atoms with Crippen LogP contribution in [0.25, 0.3) is 0 Å². The van der Waals surface area contributed by atoms with Crippen LogP contribution >= 0.6 is 11.6 Å². The molecule has 3 aliphatic rings. The lowest BCUT2D eigenvalue weighted by Gasteiger charge is -2.36. The zero-order valence-corrected chi connectivity index (χ0v) is 38.9. The van der Waals surface area contributed by atoms with Crippen LogP contribution in [-0.2, 0) is 33.7 Å². The summed E-state index contributed by atoms with van der Waals surface area (Å²) >= 11 is 6.43. The Morgan fingerprint density at radius 2 is 1.64 bits per heavy atom. The summed E-state index contributed by atoms with van der Waals surface area (Å²) in [5.74, 6) is -1.72. The number of piperidine rings is 1. The Bertz CT molecular complexity index is 2610. The van der Waals surface area contributed by atoms with Crippen molar-refractivity contribution in [1.82, 2.24) is 30.4 Å². The molecule has 0 spiro atoms. The Labute approximate surface area is 393 Å². The Morgan fingerprint density at radius 1 is 0.896 bits per heavy atom. The van der Waals surface area contributed by atoms with Gasteiger partial charge in [0.25, 0.3) is 11.8 Å². The smallest absolute Gasteiger partial charge is 0.264 e. The maximum absolute atomic E-state index is 13.3. The van der Waals surface area contributed by atoms with E-state index in [1.165, 1.54) is 12.3 Å². The van der Waals surface area contributed by atoms with Gasteiger partial charge >= 0.3 is 0 Å². The van der Waals surface area contributed by atoms with E-state index in [0.29, 0.717) is 36.9 Å². The lowest BCUT2D eigenvalue weighted by Crippen LogP contribution is -2.54. The zero-order chi connectivity index (χ0) is 47.7. The van der Waals surface area contributed by atoms with E-state index in [1.54, 1.807) is 57.4 Å². The molecule has 7 rings (SSSR count). The van der Waals surface area contributed by atoms with Gasteiger partial charge in [-0.15, -0.1) is 0 Å². The van der Waals surface area contributed by atoms with Crippen LogP contribution < -0.4 is 36.2 Å². The minimum atomic E-state index is -3.58. The normalized spacial score (nSPS) is 16.5. The molecule has 1 atom stereocenters. The maximum Gasteiger partial charge on any atom is 0.264 e. The summed E-state index contributed by atoms with van der Waals surface area (Å²) < 4.78 is 43.1. The number of amides is 5.